The normalized spacial score (nSPS) is 14.2. The summed E-state index contributed by atoms with van der Waals surface area (Å²) in [6.45, 7) is 5.42. The smallest absolute Gasteiger partial charge is 0.229 e. The zero-order valence-electron chi connectivity index (χ0n) is 17.8. The Morgan fingerprint density at radius 1 is 0.710 bits per heavy atom. The molecule has 1 saturated heterocycles. The summed E-state index contributed by atoms with van der Waals surface area (Å²) >= 11 is 0. The minimum absolute atomic E-state index is 0.537. The van der Waals surface area contributed by atoms with Gasteiger partial charge in [0.2, 0.25) is 17.8 Å². The first-order chi connectivity index (χ1) is 15.3. The lowest BCUT2D eigenvalue weighted by Crippen LogP contribution is -2.34. The van der Waals surface area contributed by atoms with Crippen molar-refractivity contribution in [2.24, 2.45) is 0 Å². The van der Waals surface area contributed by atoms with Crippen LogP contribution < -0.4 is 16.0 Å². The molecule has 1 aliphatic rings. The second-order valence-corrected chi connectivity index (χ2v) is 7.69. The van der Waals surface area contributed by atoms with E-state index in [1.165, 1.54) is 37.9 Å². The second kappa shape index (κ2) is 11.2. The van der Waals surface area contributed by atoms with Crippen LogP contribution in [0.2, 0.25) is 0 Å². The van der Waals surface area contributed by atoms with Gasteiger partial charge in [0.25, 0.3) is 0 Å². The van der Waals surface area contributed by atoms with Gasteiger partial charge in [0.05, 0.1) is 0 Å². The highest BCUT2D eigenvalue weighted by Gasteiger charge is 2.11. The summed E-state index contributed by atoms with van der Waals surface area (Å²) in [6, 6.07) is 14.2. The van der Waals surface area contributed by atoms with E-state index in [0.717, 1.165) is 18.7 Å². The Hall–Kier alpha value is -3.26. The number of nitrogens with zero attached hydrogens (tertiary/aromatic N) is 5. The Morgan fingerprint density at radius 3 is 2.03 bits per heavy atom. The molecule has 0 saturated carbocycles. The van der Waals surface area contributed by atoms with Gasteiger partial charge in [0.15, 0.2) is 0 Å². The molecule has 0 aliphatic carbocycles. The van der Waals surface area contributed by atoms with Gasteiger partial charge in [-0.05, 0) is 43.1 Å². The van der Waals surface area contributed by atoms with E-state index in [1.807, 2.05) is 36.5 Å². The van der Waals surface area contributed by atoms with E-state index in [9.17, 15) is 0 Å². The number of likely N-dealkylation sites (tertiary alicyclic amines) is 1. The van der Waals surface area contributed by atoms with Crippen LogP contribution in [0.5, 0.6) is 0 Å². The van der Waals surface area contributed by atoms with Crippen LogP contribution in [0, 0.1) is 0 Å². The number of pyridine rings is 1. The molecular formula is C23H30N8. The number of aromatic nitrogens is 4. The largest absolute Gasteiger partial charge is 0.353 e. The summed E-state index contributed by atoms with van der Waals surface area (Å²) in [5.74, 6) is 1.67. The molecule has 1 aromatic carbocycles. The van der Waals surface area contributed by atoms with Gasteiger partial charge in [-0.15, -0.1) is 0 Å². The van der Waals surface area contributed by atoms with Crippen molar-refractivity contribution in [1.82, 2.24) is 24.8 Å². The molecule has 1 aliphatic heterocycles. The number of piperidine rings is 1. The molecule has 2 aromatic heterocycles. The predicted molar refractivity (Wildman–Crippen MR) is 124 cm³/mol. The van der Waals surface area contributed by atoms with Crippen molar-refractivity contribution in [1.29, 1.82) is 0 Å². The van der Waals surface area contributed by atoms with Crippen molar-refractivity contribution in [2.75, 3.05) is 42.1 Å². The number of hydrogen-bond donors (Lipinski definition) is 3. The van der Waals surface area contributed by atoms with Crippen molar-refractivity contribution in [3.8, 4) is 0 Å². The summed E-state index contributed by atoms with van der Waals surface area (Å²) < 4.78 is 0. The Kier molecular flexibility index (Phi) is 7.60. The highest BCUT2D eigenvalue weighted by atomic mass is 15.3. The third kappa shape index (κ3) is 6.89. The molecule has 0 atom stereocenters. The molecule has 0 bridgehead atoms. The Labute approximate surface area is 183 Å². The van der Waals surface area contributed by atoms with Gasteiger partial charge in [0, 0.05) is 38.6 Å². The van der Waals surface area contributed by atoms with Gasteiger partial charge in [-0.2, -0.15) is 15.0 Å². The number of hydrogen-bond acceptors (Lipinski definition) is 8. The fourth-order valence-electron chi connectivity index (χ4n) is 3.58. The van der Waals surface area contributed by atoms with Gasteiger partial charge >= 0.3 is 0 Å². The molecule has 3 N–H and O–H groups in total. The highest BCUT2D eigenvalue weighted by molar-refractivity contribution is 5.43. The third-order valence-electron chi connectivity index (χ3n) is 5.26. The Balaban J connectivity index is 1.40. The molecule has 0 amide bonds. The molecule has 0 spiro atoms. The zero-order chi connectivity index (χ0) is 21.1. The van der Waals surface area contributed by atoms with Crippen molar-refractivity contribution < 1.29 is 0 Å². The van der Waals surface area contributed by atoms with Crippen LogP contribution in [-0.4, -0.2) is 51.0 Å². The lowest BCUT2D eigenvalue weighted by atomic mass is 10.1. The fraction of sp³-hybridized carbons (Fsp3) is 0.391. The molecule has 0 unspecified atom stereocenters. The summed E-state index contributed by atoms with van der Waals surface area (Å²) in [5, 5.41) is 9.97. The molecule has 162 valence electrons. The maximum atomic E-state index is 4.57. The first kappa shape index (κ1) is 21.0. The standard InChI is InChI=1S/C23H30N8/c1-3-8-19(9-4-1)17-26-22-28-21(25-12-15-31-13-5-2-6-14-31)29-23(30-22)27-18-20-10-7-11-24-16-20/h1,3-4,7-11,16H,2,5-6,12-15,17-18H2,(H3,25,26,27,28,29,30). The number of rotatable bonds is 10. The van der Waals surface area contributed by atoms with Crippen LogP contribution in [0.15, 0.2) is 54.9 Å². The van der Waals surface area contributed by atoms with Gasteiger partial charge in [-0.25, -0.2) is 0 Å². The van der Waals surface area contributed by atoms with Gasteiger partial charge in [-0.1, -0.05) is 42.8 Å². The first-order valence-corrected chi connectivity index (χ1v) is 11.0. The minimum Gasteiger partial charge on any atom is -0.353 e. The quantitative estimate of drug-likeness (QED) is 0.462. The maximum absolute atomic E-state index is 4.57. The number of anilines is 3. The molecule has 8 heteroatoms. The molecule has 4 rings (SSSR count). The van der Waals surface area contributed by atoms with E-state index in [-0.39, 0.29) is 0 Å². The van der Waals surface area contributed by atoms with Crippen LogP contribution in [-0.2, 0) is 13.1 Å². The monoisotopic (exact) mass is 418 g/mol. The maximum Gasteiger partial charge on any atom is 0.229 e. The number of benzene rings is 1. The molecule has 1 fully saturated rings. The highest BCUT2D eigenvalue weighted by Crippen LogP contribution is 2.13. The van der Waals surface area contributed by atoms with Crippen LogP contribution >= 0.6 is 0 Å². The summed E-state index contributed by atoms with van der Waals surface area (Å²) in [6.07, 6.45) is 7.53. The summed E-state index contributed by atoms with van der Waals surface area (Å²) in [7, 11) is 0. The lowest BCUT2D eigenvalue weighted by Gasteiger charge is -2.26. The van der Waals surface area contributed by atoms with Crippen LogP contribution in [0.4, 0.5) is 17.8 Å². The topological polar surface area (TPSA) is 90.9 Å². The second-order valence-electron chi connectivity index (χ2n) is 7.69. The van der Waals surface area contributed by atoms with E-state index in [1.54, 1.807) is 6.20 Å². The Morgan fingerprint density at radius 2 is 1.35 bits per heavy atom. The van der Waals surface area contributed by atoms with Crippen molar-refractivity contribution in [3.05, 3.63) is 66.0 Å². The van der Waals surface area contributed by atoms with Crippen LogP contribution in [0.25, 0.3) is 0 Å². The van der Waals surface area contributed by atoms with Crippen LogP contribution in [0.3, 0.4) is 0 Å². The molecule has 3 heterocycles. The third-order valence-corrected chi connectivity index (χ3v) is 5.26. The minimum atomic E-state index is 0.537. The molecular weight excluding hydrogens is 388 g/mol. The van der Waals surface area contributed by atoms with Crippen molar-refractivity contribution in [2.45, 2.75) is 32.4 Å². The first-order valence-electron chi connectivity index (χ1n) is 11.0. The van der Waals surface area contributed by atoms with Gasteiger partial charge < -0.3 is 20.9 Å². The molecule has 31 heavy (non-hydrogen) atoms. The molecule has 8 nitrogen and oxygen atoms in total. The zero-order valence-corrected chi connectivity index (χ0v) is 17.8. The number of nitrogens with one attached hydrogen (secondary N) is 3. The summed E-state index contributed by atoms with van der Waals surface area (Å²) in [4.78, 5) is 20.3. The fourth-order valence-corrected chi connectivity index (χ4v) is 3.58. The van der Waals surface area contributed by atoms with Gasteiger partial charge in [-0.3, -0.25) is 4.98 Å². The molecule has 3 aromatic rings. The Bertz CT molecular complexity index is 852. The van der Waals surface area contributed by atoms with E-state index in [4.69, 9.17) is 0 Å². The molecule has 0 radical (unpaired) electrons. The van der Waals surface area contributed by atoms with Crippen molar-refractivity contribution >= 4 is 17.8 Å². The van der Waals surface area contributed by atoms with Crippen LogP contribution in [0.1, 0.15) is 30.4 Å². The van der Waals surface area contributed by atoms with E-state index in [2.05, 4.69) is 52.9 Å². The SMILES string of the molecule is c1ccc(CNc2nc(NCCN3CCCCC3)nc(NCc3cccnc3)n2)cc1. The van der Waals surface area contributed by atoms with E-state index < -0.39 is 0 Å². The van der Waals surface area contributed by atoms with E-state index in [0.29, 0.717) is 30.9 Å². The van der Waals surface area contributed by atoms with E-state index >= 15 is 0 Å². The average molecular weight is 419 g/mol. The van der Waals surface area contributed by atoms with Crippen molar-refractivity contribution in [3.63, 3.8) is 0 Å². The summed E-state index contributed by atoms with van der Waals surface area (Å²) in [5.41, 5.74) is 2.24. The lowest BCUT2D eigenvalue weighted by molar-refractivity contribution is 0.237. The average Bonchev–Trinajstić information content (AvgIpc) is 2.83. The van der Waals surface area contributed by atoms with Gasteiger partial charge in [0.1, 0.15) is 0 Å². The predicted octanol–water partition coefficient (Wildman–Crippen LogP) is 3.39.